The average molecular weight is 301 g/mol. The van der Waals surface area contributed by atoms with Crippen molar-refractivity contribution in [3.63, 3.8) is 0 Å². The van der Waals surface area contributed by atoms with Crippen molar-refractivity contribution in [2.75, 3.05) is 0 Å². The molecule has 0 bridgehead atoms. The molecule has 0 saturated heterocycles. The monoisotopic (exact) mass is 300 g/mol. The number of benzene rings is 2. The van der Waals surface area contributed by atoms with E-state index < -0.39 is 4.92 Å². The number of hydrogen-bond acceptors (Lipinski definition) is 4. The van der Waals surface area contributed by atoms with Gasteiger partial charge in [0.05, 0.1) is 22.4 Å². The topological polar surface area (TPSA) is 73.8 Å². The minimum atomic E-state index is -0.434. The molecule has 0 aliphatic heterocycles. The summed E-state index contributed by atoms with van der Waals surface area (Å²) in [6, 6.07) is 13.5. The lowest BCUT2D eigenvalue weighted by Gasteiger charge is -1.99. The summed E-state index contributed by atoms with van der Waals surface area (Å²) in [6.45, 7) is 0. The normalized spacial score (nSPS) is 10.5. The van der Waals surface area contributed by atoms with E-state index in [1.54, 1.807) is 53.3 Å². The molecule has 7 heteroatoms. The van der Waals surface area contributed by atoms with Crippen molar-refractivity contribution >= 4 is 17.3 Å². The summed E-state index contributed by atoms with van der Waals surface area (Å²) in [4.78, 5) is 10.6. The largest absolute Gasteiger partial charge is 0.278 e. The second-order valence-corrected chi connectivity index (χ2v) is 4.74. The van der Waals surface area contributed by atoms with E-state index in [9.17, 15) is 10.1 Å². The Morgan fingerprint density at radius 3 is 2.52 bits per heavy atom. The van der Waals surface area contributed by atoms with Gasteiger partial charge in [0.15, 0.2) is 0 Å². The van der Waals surface area contributed by atoms with Crippen LogP contribution in [0.2, 0.25) is 5.02 Å². The maximum Gasteiger partial charge on any atom is 0.278 e. The fourth-order valence-electron chi connectivity index (χ4n) is 1.96. The molecule has 0 amide bonds. The molecule has 0 N–H and O–H groups in total. The van der Waals surface area contributed by atoms with Gasteiger partial charge in [0, 0.05) is 11.1 Å². The first-order chi connectivity index (χ1) is 10.1. The molecular formula is C14H9ClN4O2. The first-order valence-corrected chi connectivity index (χ1v) is 6.45. The smallest absolute Gasteiger partial charge is 0.258 e. The fourth-order valence-corrected chi connectivity index (χ4v) is 2.08. The van der Waals surface area contributed by atoms with Crippen LogP contribution in [-0.4, -0.2) is 19.9 Å². The third-order valence-corrected chi connectivity index (χ3v) is 3.21. The Hall–Kier alpha value is -2.73. The van der Waals surface area contributed by atoms with Crippen LogP contribution in [-0.2, 0) is 0 Å². The van der Waals surface area contributed by atoms with Crippen LogP contribution < -0.4 is 0 Å². The molecule has 0 unspecified atom stereocenters. The predicted octanol–water partition coefficient (Wildman–Crippen LogP) is 3.50. The highest BCUT2D eigenvalue weighted by Crippen LogP contribution is 2.28. The average Bonchev–Trinajstić information content (AvgIpc) is 2.97. The number of nitro groups is 1. The van der Waals surface area contributed by atoms with Gasteiger partial charge in [-0.15, -0.1) is 5.10 Å². The third-order valence-electron chi connectivity index (χ3n) is 2.96. The molecule has 1 aromatic heterocycles. The summed E-state index contributed by atoms with van der Waals surface area (Å²) < 4.78 is 1.54. The number of aromatic nitrogens is 3. The summed E-state index contributed by atoms with van der Waals surface area (Å²) >= 11 is 5.84. The van der Waals surface area contributed by atoms with E-state index in [0.29, 0.717) is 16.3 Å². The zero-order valence-corrected chi connectivity index (χ0v) is 11.4. The van der Waals surface area contributed by atoms with Crippen LogP contribution in [0.15, 0.2) is 54.7 Å². The maximum atomic E-state index is 11.0. The summed E-state index contributed by atoms with van der Waals surface area (Å²) in [5, 5.41) is 19.7. The Balaban J connectivity index is 2.03. The molecule has 3 rings (SSSR count). The molecule has 3 aromatic rings. The molecule has 2 aromatic carbocycles. The lowest BCUT2D eigenvalue weighted by Crippen LogP contribution is -1.93. The Morgan fingerprint density at radius 1 is 1.10 bits per heavy atom. The number of hydrogen-bond donors (Lipinski definition) is 0. The SMILES string of the molecule is O=[N+]([O-])c1ccccc1-c1cn(-c2ccc(Cl)cc2)nn1. The standard InChI is InChI=1S/C14H9ClN4O2/c15-10-5-7-11(8-6-10)18-9-13(16-17-18)12-3-1-2-4-14(12)19(20)21/h1-9H. The lowest BCUT2D eigenvalue weighted by atomic mass is 10.1. The van der Waals surface area contributed by atoms with E-state index in [-0.39, 0.29) is 5.69 Å². The lowest BCUT2D eigenvalue weighted by molar-refractivity contribution is -0.384. The van der Waals surface area contributed by atoms with Gasteiger partial charge in [0.25, 0.3) is 5.69 Å². The molecule has 0 saturated carbocycles. The molecule has 0 radical (unpaired) electrons. The van der Waals surface area contributed by atoms with Gasteiger partial charge in [-0.2, -0.15) is 0 Å². The highest BCUT2D eigenvalue weighted by molar-refractivity contribution is 6.30. The van der Waals surface area contributed by atoms with E-state index in [1.165, 1.54) is 6.07 Å². The van der Waals surface area contributed by atoms with Crippen LogP contribution in [0.3, 0.4) is 0 Å². The molecule has 1 heterocycles. The van der Waals surface area contributed by atoms with Crippen LogP contribution in [0.5, 0.6) is 0 Å². The Bertz CT molecular complexity index is 799. The molecule has 6 nitrogen and oxygen atoms in total. The highest BCUT2D eigenvalue weighted by Gasteiger charge is 2.17. The molecule has 0 spiro atoms. The van der Waals surface area contributed by atoms with Crippen LogP contribution >= 0.6 is 11.6 Å². The highest BCUT2D eigenvalue weighted by atomic mass is 35.5. The molecule has 0 aliphatic rings. The zero-order chi connectivity index (χ0) is 14.8. The van der Waals surface area contributed by atoms with Crippen molar-refractivity contribution in [1.29, 1.82) is 0 Å². The third kappa shape index (κ3) is 2.61. The summed E-state index contributed by atoms with van der Waals surface area (Å²) in [5.41, 5.74) is 1.65. The van der Waals surface area contributed by atoms with Crippen molar-refractivity contribution in [3.05, 3.63) is 69.9 Å². The second-order valence-electron chi connectivity index (χ2n) is 4.30. The molecule has 0 fully saturated rings. The van der Waals surface area contributed by atoms with Gasteiger partial charge in [0.2, 0.25) is 0 Å². The zero-order valence-electron chi connectivity index (χ0n) is 10.7. The van der Waals surface area contributed by atoms with Crippen molar-refractivity contribution in [1.82, 2.24) is 15.0 Å². The summed E-state index contributed by atoms with van der Waals surface area (Å²) in [7, 11) is 0. The van der Waals surface area contributed by atoms with Gasteiger partial charge in [-0.25, -0.2) is 4.68 Å². The number of halogens is 1. The second kappa shape index (κ2) is 5.34. The van der Waals surface area contributed by atoms with Crippen LogP contribution in [0, 0.1) is 10.1 Å². The van der Waals surface area contributed by atoms with Crippen LogP contribution in [0.1, 0.15) is 0 Å². The summed E-state index contributed by atoms with van der Waals surface area (Å²) in [5.74, 6) is 0. The maximum absolute atomic E-state index is 11.0. The van der Waals surface area contributed by atoms with Crippen molar-refractivity contribution in [2.45, 2.75) is 0 Å². The number of rotatable bonds is 3. The molecular weight excluding hydrogens is 292 g/mol. The van der Waals surface area contributed by atoms with E-state index >= 15 is 0 Å². The molecule has 0 aliphatic carbocycles. The predicted molar refractivity (Wildman–Crippen MR) is 78.5 cm³/mol. The minimum absolute atomic E-state index is 0.000608. The minimum Gasteiger partial charge on any atom is -0.258 e. The number of para-hydroxylation sites is 1. The van der Waals surface area contributed by atoms with Crippen molar-refractivity contribution in [2.24, 2.45) is 0 Å². The fraction of sp³-hybridized carbons (Fsp3) is 0. The quantitative estimate of drug-likeness (QED) is 0.548. The Labute approximate surface area is 124 Å². The first-order valence-electron chi connectivity index (χ1n) is 6.07. The van der Waals surface area contributed by atoms with Gasteiger partial charge in [0.1, 0.15) is 5.69 Å². The van der Waals surface area contributed by atoms with Gasteiger partial charge in [-0.05, 0) is 30.3 Å². The van der Waals surface area contributed by atoms with Gasteiger partial charge >= 0.3 is 0 Å². The Kier molecular flexibility index (Phi) is 3.37. The van der Waals surface area contributed by atoms with Crippen LogP contribution in [0.4, 0.5) is 5.69 Å². The Morgan fingerprint density at radius 2 is 1.81 bits per heavy atom. The van der Waals surface area contributed by atoms with Crippen LogP contribution in [0.25, 0.3) is 16.9 Å². The number of nitro benzene ring substituents is 1. The summed E-state index contributed by atoms with van der Waals surface area (Å²) in [6.07, 6.45) is 1.64. The van der Waals surface area contributed by atoms with Gasteiger partial charge in [-0.1, -0.05) is 28.9 Å². The van der Waals surface area contributed by atoms with E-state index in [2.05, 4.69) is 10.3 Å². The first kappa shape index (κ1) is 13.3. The molecule has 21 heavy (non-hydrogen) atoms. The van der Waals surface area contributed by atoms with E-state index in [0.717, 1.165) is 5.69 Å². The number of nitrogens with zero attached hydrogens (tertiary/aromatic N) is 4. The van der Waals surface area contributed by atoms with Crippen molar-refractivity contribution < 1.29 is 4.92 Å². The molecule has 0 atom stereocenters. The van der Waals surface area contributed by atoms with Crippen molar-refractivity contribution in [3.8, 4) is 16.9 Å². The van der Waals surface area contributed by atoms with E-state index in [1.807, 2.05) is 0 Å². The van der Waals surface area contributed by atoms with Gasteiger partial charge in [-0.3, -0.25) is 10.1 Å². The molecule has 104 valence electrons. The van der Waals surface area contributed by atoms with E-state index in [4.69, 9.17) is 11.6 Å². The van der Waals surface area contributed by atoms with Gasteiger partial charge < -0.3 is 0 Å².